The molecule has 9 aromatic carbocycles. The van der Waals surface area contributed by atoms with Crippen LogP contribution in [0, 0.1) is 22.7 Å². The molecule has 1 aliphatic carbocycles. The monoisotopic (exact) mass is 856 g/mol. The Morgan fingerprint density at radius 1 is 0.453 bits per heavy atom. The van der Waals surface area contributed by atoms with Gasteiger partial charge in [0.05, 0.1) is 39.8 Å². The standard InChI is InChI=1S/C57H38N4OP2/c58-35-37-21-25-41(26-22-37)60(43-15-9-17-46(63)31-43)45-29-30-48-50(33-45)57(39-11-3-1-4-12-39,40-13-5-2-6-14-40)51-34-52(55-49-19-7-8-20-53(49)62-56(55)54(48)51)61(44-16-10-18-47(64)32-44)42-27-23-38(36-59)24-28-42/h1-34H,63-64H2. The Bertz CT molecular complexity index is 3460. The highest BCUT2D eigenvalue weighted by Crippen LogP contribution is 2.61. The van der Waals surface area contributed by atoms with E-state index < -0.39 is 5.41 Å². The van der Waals surface area contributed by atoms with Gasteiger partial charge >= 0.3 is 0 Å². The molecule has 0 spiro atoms. The molecule has 2 unspecified atom stereocenters. The molecule has 302 valence electrons. The van der Waals surface area contributed by atoms with Gasteiger partial charge in [0, 0.05) is 39.4 Å². The second-order valence-corrected chi connectivity index (χ2v) is 17.3. The van der Waals surface area contributed by atoms with Gasteiger partial charge in [-0.25, -0.2) is 0 Å². The summed E-state index contributed by atoms with van der Waals surface area (Å²) in [4.78, 5) is 4.57. The Balaban J connectivity index is 1.29. The Kier molecular flexibility index (Phi) is 9.68. The lowest BCUT2D eigenvalue weighted by atomic mass is 9.67. The van der Waals surface area contributed by atoms with E-state index >= 15 is 0 Å². The van der Waals surface area contributed by atoms with E-state index in [1.165, 1.54) is 0 Å². The van der Waals surface area contributed by atoms with Crippen LogP contribution in [0.2, 0.25) is 0 Å². The minimum atomic E-state index is -0.817. The second kappa shape index (κ2) is 15.8. The summed E-state index contributed by atoms with van der Waals surface area (Å²) >= 11 is 0. The lowest BCUT2D eigenvalue weighted by Gasteiger charge is -2.36. The van der Waals surface area contributed by atoms with Gasteiger partial charge in [0.25, 0.3) is 0 Å². The highest BCUT2D eigenvalue weighted by atomic mass is 31.0. The highest BCUT2D eigenvalue weighted by Gasteiger charge is 2.49. The average molecular weight is 857 g/mol. The third kappa shape index (κ3) is 6.29. The molecule has 7 heteroatoms. The predicted octanol–water partition coefficient (Wildman–Crippen LogP) is 13.6. The first-order valence-electron chi connectivity index (χ1n) is 21.0. The summed E-state index contributed by atoms with van der Waals surface area (Å²) in [7, 11) is 5.70. The second-order valence-electron chi connectivity index (χ2n) is 16.0. The fourth-order valence-electron chi connectivity index (χ4n) is 9.70. The number of nitrogens with zero attached hydrogens (tertiary/aromatic N) is 4. The number of furan rings is 1. The molecule has 0 aliphatic heterocycles. The van der Waals surface area contributed by atoms with Crippen molar-refractivity contribution >= 4 is 85.2 Å². The van der Waals surface area contributed by atoms with Gasteiger partial charge in [-0.3, -0.25) is 0 Å². The van der Waals surface area contributed by atoms with E-state index in [1.807, 2.05) is 54.6 Å². The fourth-order valence-corrected chi connectivity index (χ4v) is 10.3. The number of hydrogen-bond acceptors (Lipinski definition) is 5. The van der Waals surface area contributed by atoms with Crippen molar-refractivity contribution in [3.63, 3.8) is 0 Å². The number of hydrogen-bond donors (Lipinski definition) is 0. The van der Waals surface area contributed by atoms with Gasteiger partial charge in [-0.05, 0) is 135 Å². The van der Waals surface area contributed by atoms with Crippen LogP contribution in [0.1, 0.15) is 33.4 Å². The van der Waals surface area contributed by atoms with Crippen LogP contribution in [0.25, 0.3) is 33.1 Å². The first kappa shape index (κ1) is 39.1. The summed E-state index contributed by atoms with van der Waals surface area (Å²) in [6, 6.07) is 76.3. The van der Waals surface area contributed by atoms with Crippen molar-refractivity contribution in [2.45, 2.75) is 5.41 Å². The zero-order valence-corrected chi connectivity index (χ0v) is 36.8. The van der Waals surface area contributed by atoms with Gasteiger partial charge in [0.1, 0.15) is 11.2 Å². The van der Waals surface area contributed by atoms with Crippen molar-refractivity contribution in [2.24, 2.45) is 0 Å². The van der Waals surface area contributed by atoms with E-state index in [2.05, 4.69) is 192 Å². The van der Waals surface area contributed by atoms with Crippen LogP contribution in [0.4, 0.5) is 34.1 Å². The zero-order valence-electron chi connectivity index (χ0n) is 34.5. The molecule has 64 heavy (non-hydrogen) atoms. The Morgan fingerprint density at radius 2 is 0.969 bits per heavy atom. The number of benzene rings is 9. The lowest BCUT2D eigenvalue weighted by Crippen LogP contribution is -2.29. The molecule has 1 aromatic heterocycles. The predicted molar refractivity (Wildman–Crippen MR) is 269 cm³/mol. The highest BCUT2D eigenvalue weighted by molar-refractivity contribution is 7.27. The molecule has 1 heterocycles. The van der Waals surface area contributed by atoms with E-state index in [9.17, 15) is 10.5 Å². The largest absolute Gasteiger partial charge is 0.455 e. The van der Waals surface area contributed by atoms with E-state index in [0.29, 0.717) is 11.1 Å². The van der Waals surface area contributed by atoms with Gasteiger partial charge in [-0.2, -0.15) is 10.5 Å². The van der Waals surface area contributed by atoms with Gasteiger partial charge in [0.15, 0.2) is 0 Å². The SMILES string of the molecule is N#Cc1ccc(N(c2cccc(P)c2)c2ccc3c(c2)C(c2ccccc2)(c2ccccc2)c2cc(N(c4ccc(C#N)cc4)c4cccc(P)c4)c4c(oc5ccccc54)c2-3)cc1. The van der Waals surface area contributed by atoms with Crippen molar-refractivity contribution in [1.82, 2.24) is 0 Å². The molecule has 0 amide bonds. The van der Waals surface area contributed by atoms with E-state index in [0.717, 1.165) is 100 Å². The summed E-state index contributed by atoms with van der Waals surface area (Å²) in [6.07, 6.45) is 0. The van der Waals surface area contributed by atoms with Crippen LogP contribution < -0.4 is 20.4 Å². The topological polar surface area (TPSA) is 67.2 Å². The molecular formula is C57H38N4OP2. The lowest BCUT2D eigenvalue weighted by molar-refractivity contribution is 0.669. The maximum atomic E-state index is 9.86. The minimum absolute atomic E-state index is 0.592. The average Bonchev–Trinajstić information content (AvgIpc) is 3.87. The van der Waals surface area contributed by atoms with Gasteiger partial charge in [-0.15, -0.1) is 18.5 Å². The maximum Gasteiger partial charge on any atom is 0.145 e. The number of nitriles is 2. The number of anilines is 6. The third-order valence-corrected chi connectivity index (χ3v) is 13.1. The molecule has 0 radical (unpaired) electrons. The first-order valence-corrected chi connectivity index (χ1v) is 22.2. The van der Waals surface area contributed by atoms with Crippen LogP contribution in [-0.4, -0.2) is 0 Å². The minimum Gasteiger partial charge on any atom is -0.455 e. The first-order chi connectivity index (χ1) is 31.5. The summed E-state index contributed by atoms with van der Waals surface area (Å²) < 4.78 is 7.18. The number of fused-ring (bicyclic) bond motifs is 7. The summed E-state index contributed by atoms with van der Waals surface area (Å²) in [6.45, 7) is 0. The van der Waals surface area contributed by atoms with E-state index in [4.69, 9.17) is 4.42 Å². The van der Waals surface area contributed by atoms with Crippen LogP contribution >= 0.6 is 18.5 Å². The van der Waals surface area contributed by atoms with Crippen molar-refractivity contribution in [3.8, 4) is 23.3 Å². The van der Waals surface area contributed by atoms with Crippen LogP contribution in [0.3, 0.4) is 0 Å². The molecule has 11 rings (SSSR count). The summed E-state index contributed by atoms with van der Waals surface area (Å²) in [5, 5.41) is 23.7. The summed E-state index contributed by atoms with van der Waals surface area (Å²) in [5.41, 5.74) is 14.3. The fraction of sp³-hybridized carbons (Fsp3) is 0.0175. The Morgan fingerprint density at radius 3 is 1.55 bits per heavy atom. The van der Waals surface area contributed by atoms with Crippen molar-refractivity contribution in [3.05, 3.63) is 240 Å². The molecule has 0 saturated carbocycles. The number of rotatable bonds is 8. The molecule has 0 saturated heterocycles. The molecular weight excluding hydrogens is 819 g/mol. The summed E-state index contributed by atoms with van der Waals surface area (Å²) in [5.74, 6) is 0. The molecule has 2 atom stereocenters. The van der Waals surface area contributed by atoms with Crippen LogP contribution in [0.15, 0.2) is 211 Å². The van der Waals surface area contributed by atoms with E-state index in [1.54, 1.807) is 0 Å². The Labute approximate surface area is 376 Å². The molecule has 5 nitrogen and oxygen atoms in total. The van der Waals surface area contributed by atoms with Gasteiger partial charge in [0.2, 0.25) is 0 Å². The zero-order chi connectivity index (χ0) is 43.4. The quantitative estimate of drug-likeness (QED) is 0.142. The van der Waals surface area contributed by atoms with Crippen LogP contribution in [-0.2, 0) is 5.41 Å². The van der Waals surface area contributed by atoms with E-state index in [-0.39, 0.29) is 0 Å². The molecule has 10 aromatic rings. The third-order valence-electron chi connectivity index (χ3n) is 12.4. The van der Waals surface area contributed by atoms with Crippen molar-refractivity contribution in [2.75, 3.05) is 9.80 Å². The molecule has 0 bridgehead atoms. The van der Waals surface area contributed by atoms with Gasteiger partial charge in [-0.1, -0.05) is 109 Å². The van der Waals surface area contributed by atoms with Crippen molar-refractivity contribution < 1.29 is 4.42 Å². The molecule has 1 aliphatic rings. The normalized spacial score (nSPS) is 12.3. The van der Waals surface area contributed by atoms with Crippen LogP contribution in [0.5, 0.6) is 0 Å². The smallest absolute Gasteiger partial charge is 0.145 e. The van der Waals surface area contributed by atoms with Crippen molar-refractivity contribution in [1.29, 1.82) is 10.5 Å². The maximum absolute atomic E-state index is 9.86. The molecule has 0 fully saturated rings. The molecule has 0 N–H and O–H groups in total. The number of para-hydroxylation sites is 1. The van der Waals surface area contributed by atoms with Gasteiger partial charge < -0.3 is 14.2 Å². The Hall–Kier alpha value is -7.78.